The molecule has 0 amide bonds. The van der Waals surface area contributed by atoms with Crippen molar-refractivity contribution in [1.29, 1.82) is 0 Å². The molecule has 0 bridgehead atoms. The van der Waals surface area contributed by atoms with Crippen molar-refractivity contribution in [2.75, 3.05) is 30.3 Å². The molecule has 1 aromatic carbocycles. The normalized spacial score (nSPS) is 20.6. The van der Waals surface area contributed by atoms with Crippen LogP contribution in [0.1, 0.15) is 12.8 Å². The molecule has 0 radical (unpaired) electrons. The van der Waals surface area contributed by atoms with Crippen LogP contribution >= 0.6 is 11.6 Å². The molecule has 94 valence electrons. The third-order valence-electron chi connectivity index (χ3n) is 3.19. The van der Waals surface area contributed by atoms with E-state index in [2.05, 4.69) is 4.90 Å². The lowest BCUT2D eigenvalue weighted by atomic mass is 9.98. The summed E-state index contributed by atoms with van der Waals surface area (Å²) in [6.07, 6.45) is 2.02. The molecular weight excluding hydrogens is 243 g/mol. The molecule has 2 rings (SSSR count). The molecule has 0 aromatic heterocycles. The quantitative estimate of drug-likeness (QED) is 0.800. The zero-order valence-electron chi connectivity index (χ0n) is 9.50. The van der Waals surface area contributed by atoms with Crippen LogP contribution in [-0.4, -0.2) is 24.8 Å². The number of aliphatic hydroxyl groups is 1. The third-order valence-corrected chi connectivity index (χ3v) is 3.48. The van der Waals surface area contributed by atoms with Crippen LogP contribution in [0.5, 0.6) is 0 Å². The fraction of sp³-hybridized carbons (Fsp3) is 0.500. The van der Waals surface area contributed by atoms with Crippen molar-refractivity contribution < 1.29 is 9.50 Å². The van der Waals surface area contributed by atoms with Gasteiger partial charge in [0.25, 0.3) is 0 Å². The summed E-state index contributed by atoms with van der Waals surface area (Å²) in [4.78, 5) is 2.06. The summed E-state index contributed by atoms with van der Waals surface area (Å²) in [5.41, 5.74) is 6.96. The number of nitrogens with zero attached hydrogens (tertiary/aromatic N) is 1. The number of nitrogen functional groups attached to an aromatic ring is 1. The molecule has 1 atom stereocenters. The number of hydrogen-bond donors (Lipinski definition) is 2. The van der Waals surface area contributed by atoms with Gasteiger partial charge in [0.15, 0.2) is 0 Å². The van der Waals surface area contributed by atoms with Crippen molar-refractivity contribution in [2.45, 2.75) is 12.8 Å². The largest absolute Gasteiger partial charge is 0.397 e. The highest BCUT2D eigenvalue weighted by Crippen LogP contribution is 2.32. The second-order valence-electron chi connectivity index (χ2n) is 4.46. The Morgan fingerprint density at radius 2 is 2.29 bits per heavy atom. The minimum atomic E-state index is -0.497. The number of anilines is 2. The minimum Gasteiger partial charge on any atom is -0.397 e. The average Bonchev–Trinajstić information content (AvgIpc) is 2.34. The summed E-state index contributed by atoms with van der Waals surface area (Å²) in [5, 5.41) is 9.26. The molecule has 1 aromatic rings. The molecule has 0 spiro atoms. The van der Waals surface area contributed by atoms with Gasteiger partial charge in [-0.15, -0.1) is 0 Å². The Kier molecular flexibility index (Phi) is 3.74. The first-order chi connectivity index (χ1) is 8.11. The van der Waals surface area contributed by atoms with Gasteiger partial charge in [0.1, 0.15) is 5.82 Å². The number of aliphatic hydroxyl groups excluding tert-OH is 1. The maximum absolute atomic E-state index is 13.2. The first-order valence-electron chi connectivity index (χ1n) is 5.72. The van der Waals surface area contributed by atoms with Crippen LogP contribution in [0.15, 0.2) is 12.1 Å². The van der Waals surface area contributed by atoms with E-state index in [4.69, 9.17) is 17.3 Å². The number of piperidine rings is 1. The Labute approximate surface area is 105 Å². The SMILES string of the molecule is Nc1cc(F)c(Cl)cc1N1CCCC(CO)C1. The molecule has 1 fully saturated rings. The van der Waals surface area contributed by atoms with E-state index in [-0.39, 0.29) is 17.5 Å². The summed E-state index contributed by atoms with van der Waals surface area (Å²) >= 11 is 5.77. The van der Waals surface area contributed by atoms with Crippen LogP contribution in [0.4, 0.5) is 15.8 Å². The average molecular weight is 259 g/mol. The van der Waals surface area contributed by atoms with Crippen LogP contribution in [0.3, 0.4) is 0 Å². The summed E-state index contributed by atoms with van der Waals surface area (Å²) in [6, 6.07) is 2.81. The lowest BCUT2D eigenvalue weighted by Gasteiger charge is -2.34. The highest BCUT2D eigenvalue weighted by Gasteiger charge is 2.21. The van der Waals surface area contributed by atoms with Gasteiger partial charge < -0.3 is 15.7 Å². The molecule has 17 heavy (non-hydrogen) atoms. The van der Waals surface area contributed by atoms with Crippen molar-refractivity contribution >= 4 is 23.0 Å². The Balaban J connectivity index is 2.24. The van der Waals surface area contributed by atoms with E-state index < -0.39 is 5.82 Å². The van der Waals surface area contributed by atoms with E-state index in [1.165, 1.54) is 6.07 Å². The summed E-state index contributed by atoms with van der Waals surface area (Å²) in [5.74, 6) is -0.240. The van der Waals surface area contributed by atoms with Gasteiger partial charge in [-0.05, 0) is 24.8 Å². The fourth-order valence-corrected chi connectivity index (χ4v) is 2.42. The smallest absolute Gasteiger partial charge is 0.143 e. The highest BCUT2D eigenvalue weighted by molar-refractivity contribution is 6.31. The fourth-order valence-electron chi connectivity index (χ4n) is 2.26. The van der Waals surface area contributed by atoms with Gasteiger partial charge in [-0.3, -0.25) is 0 Å². The van der Waals surface area contributed by atoms with E-state index in [1.54, 1.807) is 6.07 Å². The van der Waals surface area contributed by atoms with E-state index in [9.17, 15) is 9.50 Å². The summed E-state index contributed by atoms with van der Waals surface area (Å²) < 4.78 is 13.2. The van der Waals surface area contributed by atoms with Crippen LogP contribution in [0.25, 0.3) is 0 Å². The van der Waals surface area contributed by atoms with Crippen LogP contribution in [-0.2, 0) is 0 Å². The number of halogens is 2. The van der Waals surface area contributed by atoms with Crippen molar-refractivity contribution in [3.63, 3.8) is 0 Å². The van der Waals surface area contributed by atoms with E-state index in [1.807, 2.05) is 0 Å². The zero-order valence-corrected chi connectivity index (χ0v) is 10.3. The van der Waals surface area contributed by atoms with Gasteiger partial charge in [-0.2, -0.15) is 0 Å². The van der Waals surface area contributed by atoms with E-state index in [0.29, 0.717) is 5.69 Å². The van der Waals surface area contributed by atoms with Gasteiger partial charge in [0.2, 0.25) is 0 Å². The molecule has 1 aliphatic rings. The Morgan fingerprint density at radius 1 is 1.53 bits per heavy atom. The molecule has 5 heteroatoms. The molecule has 1 heterocycles. The minimum absolute atomic E-state index is 0.0836. The van der Waals surface area contributed by atoms with Gasteiger partial charge in [-0.25, -0.2) is 4.39 Å². The second-order valence-corrected chi connectivity index (χ2v) is 4.87. The van der Waals surface area contributed by atoms with Crippen LogP contribution in [0, 0.1) is 11.7 Å². The Bertz CT molecular complexity index is 414. The maximum Gasteiger partial charge on any atom is 0.143 e. The van der Waals surface area contributed by atoms with Crippen molar-refractivity contribution in [1.82, 2.24) is 0 Å². The maximum atomic E-state index is 13.2. The first kappa shape index (κ1) is 12.5. The monoisotopic (exact) mass is 258 g/mol. The number of hydrogen-bond acceptors (Lipinski definition) is 3. The van der Waals surface area contributed by atoms with Gasteiger partial charge in [0, 0.05) is 25.8 Å². The van der Waals surface area contributed by atoms with Gasteiger partial charge >= 0.3 is 0 Å². The Morgan fingerprint density at radius 3 is 3.00 bits per heavy atom. The predicted octanol–water partition coefficient (Wildman–Crippen LogP) is 2.27. The van der Waals surface area contributed by atoms with Crippen LogP contribution < -0.4 is 10.6 Å². The number of benzene rings is 1. The molecule has 1 aliphatic heterocycles. The standard InChI is InChI=1S/C12H16ClFN2O/c13-9-4-12(11(15)5-10(9)14)16-3-1-2-8(6-16)7-17/h4-5,8,17H,1-3,6-7,15H2. The van der Waals surface area contributed by atoms with Gasteiger partial charge in [-0.1, -0.05) is 11.6 Å². The first-order valence-corrected chi connectivity index (χ1v) is 6.10. The van der Waals surface area contributed by atoms with Crippen molar-refractivity contribution in [2.24, 2.45) is 5.92 Å². The van der Waals surface area contributed by atoms with E-state index >= 15 is 0 Å². The topological polar surface area (TPSA) is 49.5 Å². The molecule has 3 N–H and O–H groups in total. The van der Waals surface area contributed by atoms with Crippen molar-refractivity contribution in [3.8, 4) is 0 Å². The van der Waals surface area contributed by atoms with E-state index in [0.717, 1.165) is 31.6 Å². The zero-order chi connectivity index (χ0) is 12.4. The van der Waals surface area contributed by atoms with Gasteiger partial charge in [0.05, 0.1) is 16.4 Å². The summed E-state index contributed by atoms with van der Waals surface area (Å²) in [6.45, 7) is 1.77. The molecule has 0 saturated carbocycles. The number of nitrogens with two attached hydrogens (primary N) is 1. The van der Waals surface area contributed by atoms with Crippen molar-refractivity contribution in [3.05, 3.63) is 23.0 Å². The van der Waals surface area contributed by atoms with Crippen LogP contribution in [0.2, 0.25) is 5.02 Å². The number of rotatable bonds is 2. The lowest BCUT2D eigenvalue weighted by Crippen LogP contribution is -2.37. The Hall–Kier alpha value is -1.00. The molecule has 1 saturated heterocycles. The summed E-state index contributed by atoms with van der Waals surface area (Å²) in [7, 11) is 0. The second kappa shape index (κ2) is 5.10. The highest BCUT2D eigenvalue weighted by atomic mass is 35.5. The lowest BCUT2D eigenvalue weighted by molar-refractivity contribution is 0.209. The molecule has 0 aliphatic carbocycles. The molecule has 1 unspecified atom stereocenters. The predicted molar refractivity (Wildman–Crippen MR) is 67.8 cm³/mol. The third kappa shape index (κ3) is 2.64. The molecule has 3 nitrogen and oxygen atoms in total. The molecular formula is C12H16ClFN2O.